The summed E-state index contributed by atoms with van der Waals surface area (Å²) in [5.74, 6) is -0.356. The molecule has 0 aliphatic heterocycles. The van der Waals surface area contributed by atoms with E-state index in [9.17, 15) is 4.79 Å². The van der Waals surface area contributed by atoms with E-state index < -0.39 is 0 Å². The monoisotopic (exact) mass is 238 g/mol. The van der Waals surface area contributed by atoms with Crippen molar-refractivity contribution >= 4 is 5.97 Å². The van der Waals surface area contributed by atoms with Crippen molar-refractivity contribution in [1.82, 2.24) is 5.43 Å². The van der Waals surface area contributed by atoms with E-state index in [2.05, 4.69) is 10.2 Å². The van der Waals surface area contributed by atoms with Crippen LogP contribution in [0.3, 0.4) is 0 Å². The summed E-state index contributed by atoms with van der Waals surface area (Å²) >= 11 is 0. The number of carbonyl (C=O) groups excluding carboxylic acids is 1. The van der Waals surface area contributed by atoms with Gasteiger partial charge in [0, 0.05) is 6.08 Å². The average molecular weight is 239 g/mol. The lowest BCUT2D eigenvalue weighted by atomic mass is 10.6. The molecule has 0 radical (unpaired) electrons. The number of nitrogens with one attached hydrogen (secondary N) is 1. The predicted molar refractivity (Wildman–Crippen MR) is 42.3 cm³/mol. The normalized spacial score (nSPS) is 10.7. The second-order valence-electron chi connectivity index (χ2n) is 3.00. The molecule has 0 saturated carbocycles. The number of quaternary nitrogens is 1. The minimum absolute atomic E-state index is 0. The van der Waals surface area contributed by atoms with Crippen LogP contribution in [0, 0.1) is 0 Å². The Bertz CT molecular complexity index is 163. The van der Waals surface area contributed by atoms with Gasteiger partial charge in [0.05, 0.1) is 34.5 Å². The van der Waals surface area contributed by atoms with Crippen LogP contribution in [0.15, 0.2) is 12.3 Å². The average Bonchev–Trinajstić information content (AvgIpc) is 1.85. The number of hydrogen-bond acceptors (Lipinski definition) is 3. The second kappa shape index (κ2) is 6.02. The van der Waals surface area contributed by atoms with E-state index in [0.717, 1.165) is 0 Å². The van der Waals surface area contributed by atoms with Crippen LogP contribution < -0.4 is 22.4 Å². The smallest absolute Gasteiger partial charge is 0.332 e. The summed E-state index contributed by atoms with van der Waals surface area (Å²) in [5.41, 5.74) is 2.94. The van der Waals surface area contributed by atoms with Gasteiger partial charge in [0.25, 0.3) is 0 Å². The SMILES string of the molecule is COC(=O)/C=C/N[N+](C)(C)C.[Br-]. The maximum Gasteiger partial charge on any atom is 0.332 e. The van der Waals surface area contributed by atoms with E-state index >= 15 is 0 Å². The number of nitrogens with zero attached hydrogens (tertiary/aromatic N) is 1. The van der Waals surface area contributed by atoms with Crippen LogP contribution in [0.4, 0.5) is 0 Å². The Hall–Kier alpha value is -0.550. The summed E-state index contributed by atoms with van der Waals surface area (Å²) in [6, 6.07) is 0. The first kappa shape index (κ1) is 14.0. The molecule has 5 heteroatoms. The van der Waals surface area contributed by atoms with Crippen LogP contribution in [0.25, 0.3) is 0 Å². The number of ether oxygens (including phenoxy) is 1. The van der Waals surface area contributed by atoms with Crippen molar-refractivity contribution in [2.45, 2.75) is 0 Å². The van der Waals surface area contributed by atoms with Crippen LogP contribution in [0.5, 0.6) is 0 Å². The molecule has 12 heavy (non-hydrogen) atoms. The lowest BCUT2D eigenvalue weighted by molar-refractivity contribution is -0.909. The molecule has 0 fully saturated rings. The quantitative estimate of drug-likeness (QED) is 0.245. The number of hydrogen-bond donors (Lipinski definition) is 1. The Morgan fingerprint density at radius 1 is 1.42 bits per heavy atom. The van der Waals surface area contributed by atoms with Gasteiger partial charge < -0.3 is 21.7 Å². The summed E-state index contributed by atoms with van der Waals surface area (Å²) < 4.78 is 4.96. The number of methoxy groups -OCH3 is 1. The first-order valence-electron chi connectivity index (χ1n) is 3.29. The molecule has 0 unspecified atom stereocenters. The Kier molecular flexibility index (Phi) is 7.02. The van der Waals surface area contributed by atoms with Crippen LogP contribution >= 0.6 is 0 Å². The van der Waals surface area contributed by atoms with Gasteiger partial charge >= 0.3 is 5.97 Å². The van der Waals surface area contributed by atoms with Gasteiger partial charge in [-0.25, -0.2) is 14.8 Å². The van der Waals surface area contributed by atoms with Crippen LogP contribution in [0.1, 0.15) is 0 Å². The highest BCUT2D eigenvalue weighted by molar-refractivity contribution is 5.81. The Balaban J connectivity index is 0. The molecule has 0 saturated heterocycles. The fraction of sp³-hybridized carbons (Fsp3) is 0.571. The molecule has 0 spiro atoms. The van der Waals surface area contributed by atoms with Crippen molar-refractivity contribution < 1.29 is 31.1 Å². The molecule has 72 valence electrons. The maximum absolute atomic E-state index is 10.5. The third kappa shape index (κ3) is 9.45. The molecule has 0 heterocycles. The molecule has 0 aromatic carbocycles. The molecule has 0 amide bonds. The Morgan fingerprint density at radius 3 is 2.25 bits per heavy atom. The highest BCUT2D eigenvalue weighted by atomic mass is 79.9. The van der Waals surface area contributed by atoms with E-state index in [1.807, 2.05) is 21.1 Å². The van der Waals surface area contributed by atoms with E-state index in [-0.39, 0.29) is 23.0 Å². The minimum atomic E-state index is -0.356. The third-order valence-electron chi connectivity index (χ3n) is 0.882. The van der Waals surface area contributed by atoms with Crippen LogP contribution in [-0.2, 0) is 9.53 Å². The van der Waals surface area contributed by atoms with Gasteiger partial charge in [0.1, 0.15) is 0 Å². The van der Waals surface area contributed by atoms with Crippen molar-refractivity contribution in [2.24, 2.45) is 0 Å². The van der Waals surface area contributed by atoms with Crippen molar-refractivity contribution in [3.63, 3.8) is 0 Å². The molecule has 4 nitrogen and oxygen atoms in total. The van der Waals surface area contributed by atoms with Gasteiger partial charge in [0.2, 0.25) is 0 Å². The zero-order valence-electron chi connectivity index (χ0n) is 7.80. The highest BCUT2D eigenvalue weighted by Gasteiger charge is 2.00. The fourth-order valence-electron chi connectivity index (χ4n) is 0.397. The van der Waals surface area contributed by atoms with Gasteiger partial charge in [-0.2, -0.15) is 0 Å². The molecule has 1 N–H and O–H groups in total. The molecule has 0 bridgehead atoms. The molecule has 0 aromatic heterocycles. The summed E-state index contributed by atoms with van der Waals surface area (Å²) in [5, 5.41) is 0. The summed E-state index contributed by atoms with van der Waals surface area (Å²) in [6.07, 6.45) is 2.90. The molecular formula is C7H15BrN2O2. The van der Waals surface area contributed by atoms with Gasteiger partial charge in [-0.05, 0) is 0 Å². The standard InChI is InChI=1S/C7H14N2O2.BrH/c1-9(2,3)8-6-5-7(10)11-4;/h5-6H,1-4H3;1H. The van der Waals surface area contributed by atoms with Crippen LogP contribution in [-0.4, -0.2) is 38.8 Å². The van der Waals surface area contributed by atoms with E-state index in [1.54, 1.807) is 6.20 Å². The van der Waals surface area contributed by atoms with Gasteiger partial charge in [-0.3, -0.25) is 0 Å². The lowest BCUT2D eigenvalue weighted by Crippen LogP contribution is -3.00. The van der Waals surface area contributed by atoms with Gasteiger partial charge in [0.15, 0.2) is 0 Å². The molecule has 0 aliphatic carbocycles. The van der Waals surface area contributed by atoms with E-state index in [4.69, 9.17) is 0 Å². The predicted octanol–water partition coefficient (Wildman–Crippen LogP) is -3.11. The van der Waals surface area contributed by atoms with E-state index in [1.165, 1.54) is 13.2 Å². The number of halogens is 1. The highest BCUT2D eigenvalue weighted by Crippen LogP contribution is 1.82. The number of carbonyl (C=O) groups is 1. The first-order valence-corrected chi connectivity index (χ1v) is 3.29. The molecular weight excluding hydrogens is 224 g/mol. The molecule has 0 aromatic rings. The fourth-order valence-corrected chi connectivity index (χ4v) is 0.397. The van der Waals surface area contributed by atoms with Crippen molar-refractivity contribution in [2.75, 3.05) is 28.3 Å². The summed E-state index contributed by atoms with van der Waals surface area (Å²) in [7, 11) is 7.18. The first-order chi connectivity index (χ1) is 4.95. The van der Waals surface area contributed by atoms with Gasteiger partial charge in [-0.1, -0.05) is 0 Å². The second-order valence-corrected chi connectivity index (χ2v) is 3.00. The third-order valence-corrected chi connectivity index (χ3v) is 0.882. The molecule has 0 atom stereocenters. The van der Waals surface area contributed by atoms with Crippen molar-refractivity contribution in [3.05, 3.63) is 12.3 Å². The molecule has 0 rings (SSSR count). The Labute approximate surface area is 83.5 Å². The Morgan fingerprint density at radius 2 is 1.92 bits per heavy atom. The number of rotatable bonds is 3. The number of esters is 1. The van der Waals surface area contributed by atoms with Crippen molar-refractivity contribution in [3.8, 4) is 0 Å². The summed E-state index contributed by atoms with van der Waals surface area (Å²) in [6.45, 7) is 0. The summed E-state index contributed by atoms with van der Waals surface area (Å²) in [4.78, 5) is 10.5. The zero-order valence-corrected chi connectivity index (χ0v) is 9.38. The van der Waals surface area contributed by atoms with Crippen molar-refractivity contribution in [1.29, 1.82) is 0 Å². The van der Waals surface area contributed by atoms with Crippen LogP contribution in [0.2, 0.25) is 0 Å². The largest absolute Gasteiger partial charge is 1.00 e. The van der Waals surface area contributed by atoms with E-state index in [0.29, 0.717) is 4.59 Å². The topological polar surface area (TPSA) is 38.3 Å². The zero-order chi connectivity index (χ0) is 8.91. The maximum atomic E-state index is 10.5. The molecule has 0 aliphatic rings. The minimum Gasteiger partial charge on any atom is -1.00 e. The van der Waals surface area contributed by atoms with Gasteiger partial charge in [-0.15, -0.1) is 0 Å². The lowest BCUT2D eigenvalue weighted by Gasteiger charge is -2.21.